The molecule has 0 spiro atoms. The molecule has 1 amide bonds. The van der Waals surface area contributed by atoms with Crippen molar-refractivity contribution in [2.45, 2.75) is 32.1 Å². The first-order valence-electron chi connectivity index (χ1n) is 16.4. The number of ether oxygens (including phenoxy) is 1. The summed E-state index contributed by atoms with van der Waals surface area (Å²) in [7, 11) is 8.10. The van der Waals surface area contributed by atoms with Crippen molar-refractivity contribution in [2.75, 3.05) is 77.7 Å². The molecule has 0 atom stereocenters. The second-order valence-electron chi connectivity index (χ2n) is 13.1. The van der Waals surface area contributed by atoms with Crippen molar-refractivity contribution in [1.82, 2.24) is 14.5 Å². The summed E-state index contributed by atoms with van der Waals surface area (Å²) >= 11 is 0. The largest absolute Gasteiger partial charge is 0.493 e. The molecular weight excluding hydrogens is 621 g/mol. The topological polar surface area (TPSA) is 79.7 Å². The third-order valence-electron chi connectivity index (χ3n) is 8.99. The first-order valence-corrected chi connectivity index (χ1v) is 16.4. The van der Waals surface area contributed by atoms with E-state index in [1.165, 1.54) is 61.4 Å². The number of aromatic nitrogens is 2. The Kier molecular flexibility index (Phi) is 11.1. The van der Waals surface area contributed by atoms with E-state index in [0.717, 1.165) is 49.0 Å². The van der Waals surface area contributed by atoms with Gasteiger partial charge in [-0.15, -0.1) is 0 Å². The summed E-state index contributed by atoms with van der Waals surface area (Å²) in [6, 6.07) is 10.1. The highest BCUT2D eigenvalue weighted by Crippen LogP contribution is 2.25. The number of piperazine rings is 1. The predicted molar refractivity (Wildman–Crippen MR) is 183 cm³/mol. The number of carbonyl (C=O) groups is 1. The SMILES string of the molecule is CN1CC[N+](C)(CCCCCCCOc2ccc(-n3cc(C(=O)Nc4cc(F)cc(F)c4)c(=O)c4ccc(N(C)C)nc43)c(F)c2)CC1. The van der Waals surface area contributed by atoms with Gasteiger partial charge in [0.05, 0.1) is 44.4 Å². The monoisotopic (exact) mass is 665 g/mol. The van der Waals surface area contributed by atoms with Gasteiger partial charge in [-0.2, -0.15) is 0 Å². The Bertz CT molecular complexity index is 1800. The number of quaternary nitrogens is 1. The molecular formula is C36H44F3N6O3+. The van der Waals surface area contributed by atoms with Crippen LogP contribution in [0.2, 0.25) is 0 Å². The molecule has 5 rings (SSSR count). The minimum Gasteiger partial charge on any atom is -0.493 e. The van der Waals surface area contributed by atoms with Gasteiger partial charge in [0, 0.05) is 51.2 Å². The van der Waals surface area contributed by atoms with Gasteiger partial charge in [0.1, 0.15) is 28.8 Å². The first-order chi connectivity index (χ1) is 22.9. The predicted octanol–water partition coefficient (Wildman–Crippen LogP) is 5.84. The number of carbonyl (C=O) groups excluding carboxylic acids is 1. The highest BCUT2D eigenvalue weighted by molar-refractivity contribution is 6.05. The number of hydrogen-bond acceptors (Lipinski definition) is 6. The maximum absolute atomic E-state index is 15.7. The first kappa shape index (κ1) is 34.9. The van der Waals surface area contributed by atoms with E-state index < -0.39 is 28.8 Å². The van der Waals surface area contributed by atoms with Crippen LogP contribution < -0.4 is 20.4 Å². The minimum atomic E-state index is -0.909. The van der Waals surface area contributed by atoms with Crippen molar-refractivity contribution in [2.24, 2.45) is 0 Å². The third kappa shape index (κ3) is 8.53. The van der Waals surface area contributed by atoms with Crippen LogP contribution in [-0.2, 0) is 0 Å². The number of unbranched alkanes of at least 4 members (excludes halogenated alkanes) is 4. The number of nitrogens with one attached hydrogen (secondary N) is 1. The minimum absolute atomic E-state index is 0.0401. The van der Waals surface area contributed by atoms with Crippen molar-refractivity contribution < 1.29 is 27.2 Å². The molecule has 256 valence electrons. The molecule has 0 bridgehead atoms. The number of anilines is 2. The van der Waals surface area contributed by atoms with Crippen LogP contribution >= 0.6 is 0 Å². The van der Waals surface area contributed by atoms with Crippen LogP contribution in [0.1, 0.15) is 42.5 Å². The van der Waals surface area contributed by atoms with Gasteiger partial charge in [-0.25, -0.2) is 18.2 Å². The molecule has 1 saturated heterocycles. The number of hydrogen-bond donors (Lipinski definition) is 1. The molecule has 1 N–H and O–H groups in total. The zero-order valence-electron chi connectivity index (χ0n) is 28.1. The van der Waals surface area contributed by atoms with E-state index in [0.29, 0.717) is 24.2 Å². The molecule has 1 aliphatic heterocycles. The third-order valence-corrected chi connectivity index (χ3v) is 8.99. The number of nitrogens with zero attached hydrogens (tertiary/aromatic N) is 5. The zero-order valence-corrected chi connectivity index (χ0v) is 28.1. The molecule has 2 aromatic heterocycles. The fourth-order valence-electron chi connectivity index (χ4n) is 5.97. The number of fused-ring (bicyclic) bond motifs is 1. The molecule has 4 aromatic rings. The van der Waals surface area contributed by atoms with Crippen molar-refractivity contribution >= 4 is 28.4 Å². The molecule has 3 heterocycles. The Balaban J connectivity index is 1.27. The molecule has 0 unspecified atom stereocenters. The highest BCUT2D eigenvalue weighted by Gasteiger charge is 2.26. The number of halogens is 3. The van der Waals surface area contributed by atoms with Gasteiger partial charge in [0.25, 0.3) is 5.91 Å². The molecule has 48 heavy (non-hydrogen) atoms. The Morgan fingerprint density at radius 3 is 2.33 bits per heavy atom. The van der Waals surface area contributed by atoms with Crippen LogP contribution in [0.5, 0.6) is 5.75 Å². The lowest BCUT2D eigenvalue weighted by molar-refractivity contribution is -0.913. The number of rotatable bonds is 13. The van der Waals surface area contributed by atoms with Gasteiger partial charge in [-0.05, 0) is 62.7 Å². The van der Waals surface area contributed by atoms with E-state index in [-0.39, 0.29) is 28.0 Å². The van der Waals surface area contributed by atoms with Crippen molar-refractivity contribution in [3.05, 3.63) is 88.0 Å². The molecule has 9 nitrogen and oxygen atoms in total. The van der Waals surface area contributed by atoms with Gasteiger partial charge >= 0.3 is 0 Å². The smallest absolute Gasteiger partial charge is 0.261 e. The van der Waals surface area contributed by atoms with Gasteiger partial charge in [0.2, 0.25) is 5.43 Å². The van der Waals surface area contributed by atoms with E-state index in [2.05, 4.69) is 29.3 Å². The number of benzene rings is 2. The Morgan fingerprint density at radius 1 is 0.958 bits per heavy atom. The van der Waals surface area contributed by atoms with Crippen molar-refractivity contribution in [3.63, 3.8) is 0 Å². The Labute approximate surface area is 279 Å². The van der Waals surface area contributed by atoms with E-state index >= 15 is 4.39 Å². The van der Waals surface area contributed by atoms with E-state index in [9.17, 15) is 18.4 Å². The lowest BCUT2D eigenvalue weighted by atomic mass is 10.1. The summed E-state index contributed by atoms with van der Waals surface area (Å²) in [5, 5.41) is 2.43. The molecule has 1 aliphatic rings. The van der Waals surface area contributed by atoms with Gasteiger partial charge in [-0.1, -0.05) is 12.8 Å². The van der Waals surface area contributed by atoms with E-state index in [1.807, 2.05) is 0 Å². The quantitative estimate of drug-likeness (QED) is 0.143. The van der Waals surface area contributed by atoms with Gasteiger partial charge in [-0.3, -0.25) is 19.1 Å². The fourth-order valence-corrected chi connectivity index (χ4v) is 5.97. The lowest BCUT2D eigenvalue weighted by Gasteiger charge is -2.41. The van der Waals surface area contributed by atoms with Crippen LogP contribution in [0.15, 0.2) is 59.5 Å². The van der Waals surface area contributed by atoms with E-state index in [4.69, 9.17) is 4.74 Å². The zero-order chi connectivity index (χ0) is 34.4. The second kappa shape index (κ2) is 15.2. The average Bonchev–Trinajstić information content (AvgIpc) is 3.03. The summed E-state index contributed by atoms with van der Waals surface area (Å²) in [6.07, 6.45) is 6.60. The van der Waals surface area contributed by atoms with Crippen molar-refractivity contribution in [3.8, 4) is 11.4 Å². The van der Waals surface area contributed by atoms with Crippen LogP contribution in [0.4, 0.5) is 24.7 Å². The molecule has 0 radical (unpaired) electrons. The van der Waals surface area contributed by atoms with Crippen LogP contribution in [0, 0.1) is 17.5 Å². The second-order valence-corrected chi connectivity index (χ2v) is 13.1. The Morgan fingerprint density at radius 2 is 1.65 bits per heavy atom. The molecule has 12 heteroatoms. The lowest BCUT2D eigenvalue weighted by Crippen LogP contribution is -2.56. The normalized spacial score (nSPS) is 14.6. The van der Waals surface area contributed by atoms with E-state index in [1.54, 1.807) is 31.1 Å². The van der Waals surface area contributed by atoms with Crippen LogP contribution in [0.3, 0.4) is 0 Å². The van der Waals surface area contributed by atoms with Crippen LogP contribution in [0.25, 0.3) is 16.7 Å². The highest BCUT2D eigenvalue weighted by atomic mass is 19.1. The maximum Gasteiger partial charge on any atom is 0.261 e. The summed E-state index contributed by atoms with van der Waals surface area (Å²) in [4.78, 5) is 35.3. The summed E-state index contributed by atoms with van der Waals surface area (Å²) in [5.74, 6) is -2.46. The van der Waals surface area contributed by atoms with Crippen molar-refractivity contribution in [1.29, 1.82) is 0 Å². The van der Waals surface area contributed by atoms with Crippen LogP contribution in [-0.4, -0.2) is 92.4 Å². The summed E-state index contributed by atoms with van der Waals surface area (Å²) in [5.41, 5.74) is -1.01. The molecule has 0 saturated carbocycles. The summed E-state index contributed by atoms with van der Waals surface area (Å²) < 4.78 is 51.5. The fraction of sp³-hybridized carbons (Fsp3) is 0.417. The summed E-state index contributed by atoms with van der Waals surface area (Å²) in [6.45, 7) is 6.41. The number of amides is 1. The number of likely N-dealkylation sites (N-methyl/N-ethyl adjacent to an activating group) is 2. The standard InChI is InChI=1S/C36H43F3N6O3/c1-42(2)33-13-11-29-34(46)30(36(47)40-27-21-25(37)20-26(38)22-27)24-44(35(29)41-33)32-12-10-28(23-31(32)39)48-19-9-7-5-6-8-16-45(4)17-14-43(3)15-18-45/h10-13,20-24H,5-9,14-19H2,1-4H3/p+1. The molecule has 2 aromatic carbocycles. The Hall–Kier alpha value is -4.42. The van der Waals surface area contributed by atoms with Gasteiger partial charge < -0.3 is 19.4 Å². The molecule has 1 fully saturated rings. The average molecular weight is 666 g/mol. The van der Waals surface area contributed by atoms with Gasteiger partial charge in [0.15, 0.2) is 11.5 Å². The molecule has 0 aliphatic carbocycles. The maximum atomic E-state index is 15.7. The number of pyridine rings is 2.